The maximum absolute atomic E-state index is 13.6. The van der Waals surface area contributed by atoms with Crippen LogP contribution >= 0.6 is 0 Å². The van der Waals surface area contributed by atoms with Crippen molar-refractivity contribution in [1.29, 1.82) is 0 Å². The number of imide groups is 1. The van der Waals surface area contributed by atoms with Crippen LogP contribution in [0.4, 0.5) is 5.69 Å². The summed E-state index contributed by atoms with van der Waals surface area (Å²) >= 11 is 0. The second kappa shape index (κ2) is 7.23. The highest BCUT2D eigenvalue weighted by molar-refractivity contribution is 6.23. The van der Waals surface area contributed by atoms with Crippen molar-refractivity contribution >= 4 is 23.4 Å². The summed E-state index contributed by atoms with van der Waals surface area (Å²) in [5.74, 6) is -0.747. The fourth-order valence-electron chi connectivity index (χ4n) is 4.20. The summed E-state index contributed by atoms with van der Waals surface area (Å²) in [6, 6.07) is 13.9. The molecule has 5 nitrogen and oxygen atoms in total. The van der Waals surface area contributed by atoms with Crippen molar-refractivity contribution in [3.05, 3.63) is 65.2 Å². The summed E-state index contributed by atoms with van der Waals surface area (Å²) in [7, 11) is 0. The lowest BCUT2D eigenvalue weighted by molar-refractivity contribution is -0.123. The molecule has 28 heavy (non-hydrogen) atoms. The maximum Gasteiger partial charge on any atom is 0.262 e. The van der Waals surface area contributed by atoms with E-state index in [-0.39, 0.29) is 23.6 Å². The number of carbonyl (C=O) groups excluding carboxylic acids is 3. The molecule has 2 aliphatic heterocycles. The van der Waals surface area contributed by atoms with Gasteiger partial charge in [0.1, 0.15) is 6.04 Å². The first-order valence-electron chi connectivity index (χ1n) is 9.85. The largest absolute Gasteiger partial charge is 0.310 e. The van der Waals surface area contributed by atoms with Gasteiger partial charge in [-0.3, -0.25) is 19.3 Å². The highest BCUT2D eigenvalue weighted by Crippen LogP contribution is 2.32. The minimum atomic E-state index is -0.793. The Balaban J connectivity index is 1.71. The minimum absolute atomic E-state index is 0.165. The lowest BCUT2D eigenvalue weighted by atomic mass is 9.97. The molecule has 0 unspecified atom stereocenters. The first-order chi connectivity index (χ1) is 13.5. The predicted molar refractivity (Wildman–Crippen MR) is 107 cm³/mol. The van der Waals surface area contributed by atoms with E-state index >= 15 is 0 Å². The zero-order valence-corrected chi connectivity index (χ0v) is 16.2. The molecule has 0 saturated heterocycles. The van der Waals surface area contributed by atoms with E-state index in [1.807, 2.05) is 38.1 Å². The molecule has 4 rings (SSSR count). The summed E-state index contributed by atoms with van der Waals surface area (Å²) in [5.41, 5.74) is 2.79. The lowest BCUT2D eigenvalue weighted by Gasteiger charge is -2.35. The van der Waals surface area contributed by atoms with E-state index in [2.05, 4.69) is 0 Å². The van der Waals surface area contributed by atoms with Gasteiger partial charge >= 0.3 is 0 Å². The number of benzene rings is 2. The normalized spacial score (nSPS) is 17.0. The average molecular weight is 376 g/mol. The summed E-state index contributed by atoms with van der Waals surface area (Å²) < 4.78 is 0. The second-order valence-electron chi connectivity index (χ2n) is 7.89. The number of hydrogen-bond acceptors (Lipinski definition) is 3. The Bertz CT molecular complexity index is 915. The number of anilines is 1. The third kappa shape index (κ3) is 3.01. The van der Waals surface area contributed by atoms with Crippen molar-refractivity contribution in [2.24, 2.45) is 5.92 Å². The number of para-hydroxylation sites is 1. The van der Waals surface area contributed by atoms with Crippen molar-refractivity contribution in [3.63, 3.8) is 0 Å². The van der Waals surface area contributed by atoms with Crippen LogP contribution in [0.25, 0.3) is 0 Å². The molecule has 0 spiro atoms. The molecule has 3 amide bonds. The van der Waals surface area contributed by atoms with Crippen LogP contribution in [0.1, 0.15) is 53.0 Å². The summed E-state index contributed by atoms with van der Waals surface area (Å²) in [6.45, 7) is 4.61. The minimum Gasteiger partial charge on any atom is -0.310 e. The van der Waals surface area contributed by atoms with E-state index in [1.54, 1.807) is 29.2 Å². The number of rotatable bonds is 4. The van der Waals surface area contributed by atoms with Gasteiger partial charge in [-0.25, -0.2) is 0 Å². The molecule has 0 bridgehead atoms. The molecule has 2 heterocycles. The standard InChI is InChI=1S/C23H24N2O3/c1-15(2)14-20(25-21(26)17-10-4-5-11-18(17)22(25)27)23(28)24-13-7-9-16-8-3-6-12-19(16)24/h3-6,8,10-12,15,20H,7,9,13-14H2,1-2H3/t20-/m0/s1. The molecule has 1 atom stereocenters. The molecular weight excluding hydrogens is 352 g/mol. The monoisotopic (exact) mass is 376 g/mol. The van der Waals surface area contributed by atoms with Crippen molar-refractivity contribution in [2.75, 3.05) is 11.4 Å². The maximum atomic E-state index is 13.6. The Morgan fingerprint density at radius 3 is 2.21 bits per heavy atom. The van der Waals surface area contributed by atoms with Gasteiger partial charge in [0.05, 0.1) is 11.1 Å². The van der Waals surface area contributed by atoms with Crippen LogP contribution in [0.15, 0.2) is 48.5 Å². The van der Waals surface area contributed by atoms with Crippen LogP contribution in [0, 0.1) is 5.92 Å². The van der Waals surface area contributed by atoms with E-state index < -0.39 is 6.04 Å². The van der Waals surface area contributed by atoms with Crippen molar-refractivity contribution in [2.45, 2.75) is 39.2 Å². The van der Waals surface area contributed by atoms with Crippen LogP contribution in [0.5, 0.6) is 0 Å². The van der Waals surface area contributed by atoms with E-state index in [0.29, 0.717) is 24.1 Å². The molecule has 2 aromatic carbocycles. The van der Waals surface area contributed by atoms with E-state index in [4.69, 9.17) is 0 Å². The van der Waals surface area contributed by atoms with Gasteiger partial charge in [-0.2, -0.15) is 0 Å². The fourth-order valence-corrected chi connectivity index (χ4v) is 4.20. The number of fused-ring (bicyclic) bond motifs is 2. The highest BCUT2D eigenvalue weighted by Gasteiger charge is 2.44. The Morgan fingerprint density at radius 1 is 0.964 bits per heavy atom. The summed E-state index contributed by atoms with van der Waals surface area (Å²) in [6.07, 6.45) is 2.25. The first-order valence-corrected chi connectivity index (χ1v) is 9.85. The molecule has 0 fully saturated rings. The Kier molecular flexibility index (Phi) is 4.75. The van der Waals surface area contributed by atoms with Gasteiger partial charge in [0, 0.05) is 12.2 Å². The van der Waals surface area contributed by atoms with Crippen LogP contribution in [-0.2, 0) is 11.2 Å². The second-order valence-corrected chi connectivity index (χ2v) is 7.89. The molecule has 0 aromatic heterocycles. The zero-order valence-electron chi connectivity index (χ0n) is 16.2. The number of carbonyl (C=O) groups is 3. The van der Waals surface area contributed by atoms with Crippen LogP contribution in [0.3, 0.4) is 0 Å². The van der Waals surface area contributed by atoms with Gasteiger partial charge in [-0.05, 0) is 48.9 Å². The summed E-state index contributed by atoms with van der Waals surface area (Å²) in [4.78, 5) is 42.5. The van der Waals surface area contributed by atoms with E-state index in [0.717, 1.165) is 24.1 Å². The zero-order chi connectivity index (χ0) is 19.8. The van der Waals surface area contributed by atoms with E-state index in [9.17, 15) is 14.4 Å². The van der Waals surface area contributed by atoms with Gasteiger partial charge in [0.25, 0.3) is 11.8 Å². The quantitative estimate of drug-likeness (QED) is 0.765. The predicted octanol–water partition coefficient (Wildman–Crippen LogP) is 3.68. The molecule has 5 heteroatoms. The average Bonchev–Trinajstić information content (AvgIpc) is 2.96. The fraction of sp³-hybridized carbons (Fsp3) is 0.348. The van der Waals surface area contributed by atoms with Gasteiger partial charge in [0.15, 0.2) is 0 Å². The number of amides is 3. The molecule has 2 aliphatic rings. The Hall–Kier alpha value is -2.95. The van der Waals surface area contributed by atoms with Crippen molar-refractivity contribution in [1.82, 2.24) is 4.90 Å². The molecular formula is C23H24N2O3. The Labute approximate surface area is 164 Å². The SMILES string of the molecule is CC(C)C[C@@H](C(=O)N1CCCc2ccccc21)N1C(=O)c2ccccc2C1=O. The lowest BCUT2D eigenvalue weighted by Crippen LogP contribution is -2.52. The van der Waals surface area contributed by atoms with Crippen molar-refractivity contribution < 1.29 is 14.4 Å². The van der Waals surface area contributed by atoms with Crippen molar-refractivity contribution in [3.8, 4) is 0 Å². The highest BCUT2D eigenvalue weighted by atomic mass is 16.2. The van der Waals surface area contributed by atoms with Crippen LogP contribution < -0.4 is 4.90 Å². The molecule has 0 N–H and O–H groups in total. The van der Waals surface area contributed by atoms with E-state index in [1.165, 1.54) is 4.90 Å². The molecule has 2 aromatic rings. The van der Waals surface area contributed by atoms with Gasteiger partial charge in [-0.15, -0.1) is 0 Å². The van der Waals surface area contributed by atoms with Crippen LogP contribution in [0.2, 0.25) is 0 Å². The smallest absolute Gasteiger partial charge is 0.262 e. The van der Waals surface area contributed by atoms with Gasteiger partial charge < -0.3 is 4.90 Å². The topological polar surface area (TPSA) is 57.7 Å². The Morgan fingerprint density at radius 2 is 1.57 bits per heavy atom. The molecule has 0 aliphatic carbocycles. The third-order valence-corrected chi connectivity index (χ3v) is 5.49. The summed E-state index contributed by atoms with van der Waals surface area (Å²) in [5, 5.41) is 0. The molecule has 144 valence electrons. The molecule has 0 radical (unpaired) electrons. The third-order valence-electron chi connectivity index (χ3n) is 5.49. The number of aryl methyl sites for hydroxylation is 1. The first kappa shape index (κ1) is 18.4. The van der Waals surface area contributed by atoms with Gasteiger partial charge in [0.2, 0.25) is 5.91 Å². The molecule has 0 saturated carbocycles. The van der Waals surface area contributed by atoms with Gasteiger partial charge in [-0.1, -0.05) is 44.2 Å². The number of hydrogen-bond donors (Lipinski definition) is 0. The number of nitrogens with zero attached hydrogens (tertiary/aromatic N) is 2. The van der Waals surface area contributed by atoms with Crippen LogP contribution in [-0.4, -0.2) is 35.2 Å².